The Labute approximate surface area is 190 Å². The number of aromatic nitrogens is 3. The molecule has 0 aliphatic rings. The topological polar surface area (TPSA) is 88.9 Å². The zero-order valence-electron chi connectivity index (χ0n) is 17.7. The summed E-state index contributed by atoms with van der Waals surface area (Å²) in [5.41, 5.74) is 2.41. The van der Waals surface area contributed by atoms with Crippen molar-refractivity contribution in [2.45, 2.75) is 37.0 Å². The number of anilines is 1. The monoisotopic (exact) mass is 455 g/mol. The third-order valence-corrected chi connectivity index (χ3v) is 6.17. The van der Waals surface area contributed by atoms with Crippen molar-refractivity contribution in [3.05, 3.63) is 65.5 Å². The smallest absolute Gasteiger partial charge is 0.251 e. The molecule has 0 aliphatic carbocycles. The number of hydrogen-bond acceptors (Lipinski definition) is 6. The number of thioether (sulfide) groups is 2. The molecule has 1 aromatic heterocycles. The molecule has 0 saturated heterocycles. The summed E-state index contributed by atoms with van der Waals surface area (Å²) in [7, 11) is 0. The fraction of sp³-hybridized carbons (Fsp3) is 0.273. The van der Waals surface area contributed by atoms with Crippen molar-refractivity contribution >= 4 is 41.0 Å². The third-order valence-electron chi connectivity index (χ3n) is 4.48. The van der Waals surface area contributed by atoms with Crippen LogP contribution in [0.2, 0.25) is 0 Å². The quantitative estimate of drug-likeness (QED) is 0.474. The van der Waals surface area contributed by atoms with Crippen LogP contribution < -0.4 is 10.6 Å². The van der Waals surface area contributed by atoms with Crippen LogP contribution in [0.15, 0.2) is 58.6 Å². The highest BCUT2D eigenvalue weighted by atomic mass is 32.2. The largest absolute Gasteiger partial charge is 0.345 e. The Morgan fingerprint density at radius 1 is 1.10 bits per heavy atom. The van der Waals surface area contributed by atoms with Gasteiger partial charge in [-0.3, -0.25) is 9.59 Å². The zero-order valence-corrected chi connectivity index (χ0v) is 19.3. The maximum absolute atomic E-state index is 12.4. The van der Waals surface area contributed by atoms with Crippen molar-refractivity contribution in [1.82, 2.24) is 20.1 Å². The summed E-state index contributed by atoms with van der Waals surface area (Å²) in [6, 6.07) is 15.1. The molecule has 3 rings (SSSR count). The first-order chi connectivity index (χ1) is 15.0. The van der Waals surface area contributed by atoms with Gasteiger partial charge in [0.2, 0.25) is 5.91 Å². The van der Waals surface area contributed by atoms with Gasteiger partial charge in [-0.05, 0) is 50.4 Å². The molecule has 0 fully saturated rings. The van der Waals surface area contributed by atoms with E-state index >= 15 is 0 Å². The molecule has 7 nitrogen and oxygen atoms in total. The van der Waals surface area contributed by atoms with E-state index in [0.717, 1.165) is 16.1 Å². The first kappa shape index (κ1) is 22.9. The van der Waals surface area contributed by atoms with E-state index in [9.17, 15) is 9.59 Å². The van der Waals surface area contributed by atoms with Gasteiger partial charge in [0, 0.05) is 22.7 Å². The predicted molar refractivity (Wildman–Crippen MR) is 126 cm³/mol. The molecule has 0 unspecified atom stereocenters. The molecule has 0 bridgehead atoms. The Kier molecular flexibility index (Phi) is 8.13. The van der Waals surface area contributed by atoms with Gasteiger partial charge in [-0.25, -0.2) is 0 Å². The number of amides is 2. The van der Waals surface area contributed by atoms with E-state index in [1.165, 1.54) is 11.8 Å². The summed E-state index contributed by atoms with van der Waals surface area (Å²) in [6.07, 6.45) is 2.00. The number of nitrogens with zero attached hydrogens (tertiary/aromatic N) is 3. The number of carbonyl (C=O) groups excluding carboxylic acids is 2. The van der Waals surface area contributed by atoms with E-state index in [1.54, 1.807) is 17.8 Å². The molecule has 2 amide bonds. The minimum Gasteiger partial charge on any atom is -0.345 e. The molecule has 9 heteroatoms. The molecule has 31 heavy (non-hydrogen) atoms. The molecule has 0 atom stereocenters. The summed E-state index contributed by atoms with van der Waals surface area (Å²) in [5, 5.41) is 14.8. The molecular formula is C22H25N5O2S2. The van der Waals surface area contributed by atoms with E-state index in [0.29, 0.717) is 23.1 Å². The minimum atomic E-state index is -0.157. The van der Waals surface area contributed by atoms with Crippen LogP contribution in [0.1, 0.15) is 28.7 Å². The van der Waals surface area contributed by atoms with E-state index in [-0.39, 0.29) is 24.1 Å². The molecular weight excluding hydrogens is 430 g/mol. The van der Waals surface area contributed by atoms with Gasteiger partial charge in [0.05, 0.1) is 12.3 Å². The SMILES string of the molecule is CCn1c(CNC(=O)c2cccc(C)c2)nnc1SCC(=O)Nc1cccc(SC)c1. The van der Waals surface area contributed by atoms with Crippen molar-refractivity contribution in [3.63, 3.8) is 0 Å². The van der Waals surface area contributed by atoms with Crippen LogP contribution in [0.4, 0.5) is 5.69 Å². The van der Waals surface area contributed by atoms with Crippen molar-refractivity contribution in [2.24, 2.45) is 0 Å². The third kappa shape index (κ3) is 6.35. The molecule has 2 N–H and O–H groups in total. The maximum atomic E-state index is 12.4. The summed E-state index contributed by atoms with van der Waals surface area (Å²) < 4.78 is 1.91. The van der Waals surface area contributed by atoms with Gasteiger partial charge in [-0.1, -0.05) is 35.5 Å². The van der Waals surface area contributed by atoms with Crippen molar-refractivity contribution in [3.8, 4) is 0 Å². The van der Waals surface area contributed by atoms with E-state index in [1.807, 2.05) is 67.1 Å². The van der Waals surface area contributed by atoms with E-state index in [2.05, 4.69) is 20.8 Å². The average Bonchev–Trinajstić information content (AvgIpc) is 3.18. The highest BCUT2D eigenvalue weighted by Gasteiger charge is 2.15. The molecule has 1 heterocycles. The highest BCUT2D eigenvalue weighted by molar-refractivity contribution is 7.99. The van der Waals surface area contributed by atoms with Gasteiger partial charge in [-0.15, -0.1) is 22.0 Å². The zero-order chi connectivity index (χ0) is 22.2. The van der Waals surface area contributed by atoms with Crippen LogP contribution in [-0.2, 0) is 17.9 Å². The Hall–Kier alpha value is -2.78. The molecule has 2 aromatic carbocycles. The number of carbonyl (C=O) groups is 2. The molecule has 162 valence electrons. The molecule has 0 spiro atoms. The van der Waals surface area contributed by atoms with E-state index in [4.69, 9.17) is 0 Å². The average molecular weight is 456 g/mol. The number of aryl methyl sites for hydroxylation is 1. The highest BCUT2D eigenvalue weighted by Crippen LogP contribution is 2.21. The van der Waals surface area contributed by atoms with Crippen LogP contribution in [0.3, 0.4) is 0 Å². The number of nitrogens with one attached hydrogen (secondary N) is 2. The fourth-order valence-electron chi connectivity index (χ4n) is 2.95. The molecule has 3 aromatic rings. The first-order valence-electron chi connectivity index (χ1n) is 9.83. The summed E-state index contributed by atoms with van der Waals surface area (Å²) in [4.78, 5) is 25.8. The van der Waals surface area contributed by atoms with Crippen LogP contribution in [0.25, 0.3) is 0 Å². The van der Waals surface area contributed by atoms with Crippen molar-refractivity contribution < 1.29 is 9.59 Å². The minimum absolute atomic E-state index is 0.108. The fourth-order valence-corrected chi connectivity index (χ4v) is 4.23. The van der Waals surface area contributed by atoms with Gasteiger partial charge >= 0.3 is 0 Å². The normalized spacial score (nSPS) is 10.7. The lowest BCUT2D eigenvalue weighted by molar-refractivity contribution is -0.113. The lowest BCUT2D eigenvalue weighted by atomic mass is 10.1. The first-order valence-corrected chi connectivity index (χ1v) is 12.0. The number of rotatable bonds is 9. The van der Waals surface area contributed by atoms with Crippen LogP contribution >= 0.6 is 23.5 Å². The Balaban J connectivity index is 1.56. The van der Waals surface area contributed by atoms with Crippen LogP contribution in [0.5, 0.6) is 0 Å². The molecule has 0 saturated carbocycles. The van der Waals surface area contributed by atoms with Gasteiger partial charge < -0.3 is 15.2 Å². The van der Waals surface area contributed by atoms with Gasteiger partial charge in [0.15, 0.2) is 11.0 Å². The maximum Gasteiger partial charge on any atom is 0.251 e. The van der Waals surface area contributed by atoms with Crippen molar-refractivity contribution in [1.29, 1.82) is 0 Å². The Bertz CT molecular complexity index is 1070. The van der Waals surface area contributed by atoms with Crippen molar-refractivity contribution in [2.75, 3.05) is 17.3 Å². The summed E-state index contributed by atoms with van der Waals surface area (Å²) in [5.74, 6) is 0.606. The second kappa shape index (κ2) is 11.0. The van der Waals surface area contributed by atoms with Gasteiger partial charge in [0.1, 0.15) is 0 Å². The number of benzene rings is 2. The standard InChI is InChI=1S/C22H25N5O2S2/c1-4-27-19(13-23-21(29)16-8-5-7-15(2)11-16)25-26-22(27)31-14-20(28)24-17-9-6-10-18(12-17)30-3/h5-12H,4,13-14H2,1-3H3,(H,23,29)(H,24,28). The molecule has 0 aliphatic heterocycles. The predicted octanol–water partition coefficient (Wildman–Crippen LogP) is 3.99. The van der Waals surface area contributed by atoms with Gasteiger partial charge in [0.25, 0.3) is 5.91 Å². The summed E-state index contributed by atoms with van der Waals surface area (Å²) >= 11 is 2.95. The Morgan fingerprint density at radius 2 is 1.90 bits per heavy atom. The summed E-state index contributed by atoms with van der Waals surface area (Å²) in [6.45, 7) is 4.83. The van der Waals surface area contributed by atoms with Crippen LogP contribution in [0, 0.1) is 6.92 Å². The second-order valence-corrected chi connectivity index (χ2v) is 8.59. The Morgan fingerprint density at radius 3 is 2.65 bits per heavy atom. The van der Waals surface area contributed by atoms with Gasteiger partial charge in [-0.2, -0.15) is 0 Å². The van der Waals surface area contributed by atoms with Crippen LogP contribution in [-0.4, -0.2) is 38.6 Å². The lowest BCUT2D eigenvalue weighted by Gasteiger charge is -2.09. The second-order valence-electron chi connectivity index (χ2n) is 6.76. The lowest BCUT2D eigenvalue weighted by Crippen LogP contribution is -2.25. The van der Waals surface area contributed by atoms with E-state index < -0.39 is 0 Å². The number of hydrogen-bond donors (Lipinski definition) is 2. The molecule has 0 radical (unpaired) electrons.